The lowest BCUT2D eigenvalue weighted by Crippen LogP contribution is -2.45. The summed E-state index contributed by atoms with van der Waals surface area (Å²) in [5.74, 6) is -2.42. The molecular formula is C29H34BrNO8. The second kappa shape index (κ2) is 10.4. The van der Waals surface area contributed by atoms with E-state index in [4.69, 9.17) is 14.6 Å². The molecule has 1 heterocycles. The van der Waals surface area contributed by atoms with Crippen LogP contribution < -0.4 is 9.47 Å². The summed E-state index contributed by atoms with van der Waals surface area (Å²) in [6.07, 6.45) is 1.60. The fraction of sp³-hybridized carbons (Fsp3) is 0.517. The molecule has 1 aliphatic heterocycles. The highest BCUT2D eigenvalue weighted by atomic mass is 79.9. The van der Waals surface area contributed by atoms with Crippen molar-refractivity contribution in [2.45, 2.75) is 65.7 Å². The van der Waals surface area contributed by atoms with E-state index in [-0.39, 0.29) is 46.9 Å². The second-order valence-electron chi connectivity index (χ2n) is 12.0. The maximum Gasteiger partial charge on any atom is 0.341 e. The molecule has 0 amide bonds. The predicted octanol–water partition coefficient (Wildman–Crippen LogP) is 5.08. The standard InChI is InChI=1S/C29H34BrNO8/c1-28(2)10-17-25(19(32)12-28)24(15-8-16(30)27(21(9-15)38-5)39-14-23(36)37)26-18(31(17)7-6-22(34)35)11-29(3,4)13-20(26)33/h8-9,24H,6-7,10-14H2,1-5H3,(H,34,35)(H,36,37). The van der Waals surface area contributed by atoms with Gasteiger partial charge in [0.25, 0.3) is 0 Å². The molecule has 1 aromatic rings. The van der Waals surface area contributed by atoms with E-state index in [1.54, 1.807) is 12.1 Å². The van der Waals surface area contributed by atoms with Crippen molar-refractivity contribution in [2.24, 2.45) is 10.8 Å². The van der Waals surface area contributed by atoms with Crippen molar-refractivity contribution in [1.29, 1.82) is 0 Å². The van der Waals surface area contributed by atoms with Gasteiger partial charge in [-0.15, -0.1) is 0 Å². The summed E-state index contributed by atoms with van der Waals surface area (Å²) >= 11 is 3.48. The van der Waals surface area contributed by atoms with Gasteiger partial charge in [-0.1, -0.05) is 27.7 Å². The fourth-order valence-corrected chi connectivity index (χ4v) is 6.61. The number of nitrogens with zero attached hydrogens (tertiary/aromatic N) is 1. The van der Waals surface area contributed by atoms with Crippen LogP contribution in [-0.4, -0.2) is 58.9 Å². The van der Waals surface area contributed by atoms with Crippen LogP contribution in [0.2, 0.25) is 0 Å². The predicted molar refractivity (Wildman–Crippen MR) is 146 cm³/mol. The van der Waals surface area contributed by atoms with Crippen LogP contribution in [0.15, 0.2) is 39.1 Å². The maximum atomic E-state index is 13.8. The molecule has 0 radical (unpaired) electrons. The fourth-order valence-electron chi connectivity index (χ4n) is 6.04. The van der Waals surface area contributed by atoms with E-state index < -0.39 is 24.5 Å². The summed E-state index contributed by atoms with van der Waals surface area (Å²) in [4.78, 5) is 52.3. The molecule has 210 valence electrons. The Morgan fingerprint density at radius 1 is 0.949 bits per heavy atom. The van der Waals surface area contributed by atoms with E-state index in [1.165, 1.54) is 7.11 Å². The number of carbonyl (C=O) groups excluding carboxylic acids is 2. The van der Waals surface area contributed by atoms with Crippen LogP contribution in [0.5, 0.6) is 11.5 Å². The Morgan fingerprint density at radius 2 is 1.49 bits per heavy atom. The number of ether oxygens (including phenoxy) is 2. The van der Waals surface area contributed by atoms with Gasteiger partial charge in [-0.05, 0) is 57.3 Å². The van der Waals surface area contributed by atoms with Crippen molar-refractivity contribution in [3.8, 4) is 11.5 Å². The van der Waals surface area contributed by atoms with E-state index in [9.17, 15) is 24.3 Å². The first-order chi connectivity index (χ1) is 18.1. The van der Waals surface area contributed by atoms with Gasteiger partial charge in [-0.3, -0.25) is 14.4 Å². The van der Waals surface area contributed by atoms with E-state index in [1.807, 2.05) is 32.6 Å². The number of hydrogen-bond donors (Lipinski definition) is 2. The lowest BCUT2D eigenvalue weighted by Gasteiger charge is -2.49. The Morgan fingerprint density at radius 3 is 1.95 bits per heavy atom. The first-order valence-electron chi connectivity index (χ1n) is 12.9. The third-order valence-electron chi connectivity index (χ3n) is 7.50. The van der Waals surface area contributed by atoms with Gasteiger partial charge < -0.3 is 24.6 Å². The number of methoxy groups -OCH3 is 1. The zero-order valence-electron chi connectivity index (χ0n) is 22.9. The van der Waals surface area contributed by atoms with Gasteiger partial charge in [0.1, 0.15) is 0 Å². The molecule has 3 aliphatic rings. The Labute approximate surface area is 236 Å². The molecule has 0 spiro atoms. The molecular weight excluding hydrogens is 570 g/mol. The highest BCUT2D eigenvalue weighted by Gasteiger charge is 2.49. The highest BCUT2D eigenvalue weighted by molar-refractivity contribution is 9.10. The number of carbonyl (C=O) groups is 4. The number of hydrogen-bond acceptors (Lipinski definition) is 7. The Hall–Kier alpha value is -3.14. The number of aliphatic carboxylic acids is 2. The molecule has 2 aliphatic carbocycles. The molecule has 0 atom stereocenters. The van der Waals surface area contributed by atoms with Crippen molar-refractivity contribution in [3.63, 3.8) is 0 Å². The average Bonchev–Trinajstić information content (AvgIpc) is 2.79. The van der Waals surface area contributed by atoms with Gasteiger partial charge in [-0.2, -0.15) is 0 Å². The molecule has 0 aromatic heterocycles. The van der Waals surface area contributed by atoms with E-state index in [2.05, 4.69) is 15.9 Å². The number of carboxylic acids is 2. The summed E-state index contributed by atoms with van der Waals surface area (Å²) in [6, 6.07) is 3.43. The monoisotopic (exact) mass is 603 g/mol. The number of Topliss-reactive ketones (excluding diaryl/α,β-unsaturated/α-hetero) is 2. The SMILES string of the molecule is COc1cc(C2C3=C(CC(C)(C)CC3=O)N(CCC(=O)O)C3=C2C(=O)CC(C)(C)C3)cc(Br)c1OCC(=O)O. The summed E-state index contributed by atoms with van der Waals surface area (Å²) in [6.45, 7) is 7.68. The van der Waals surface area contributed by atoms with Crippen molar-refractivity contribution >= 4 is 39.4 Å². The topological polar surface area (TPSA) is 130 Å². The van der Waals surface area contributed by atoms with Crippen LogP contribution in [0.1, 0.15) is 71.3 Å². The zero-order chi connectivity index (χ0) is 28.9. The van der Waals surface area contributed by atoms with Crippen LogP contribution in [0.4, 0.5) is 0 Å². The number of rotatable bonds is 8. The van der Waals surface area contributed by atoms with Crippen LogP contribution >= 0.6 is 15.9 Å². The molecule has 9 nitrogen and oxygen atoms in total. The number of benzene rings is 1. The number of ketones is 2. The zero-order valence-corrected chi connectivity index (χ0v) is 24.4. The summed E-state index contributed by atoms with van der Waals surface area (Å²) in [5, 5.41) is 18.6. The normalized spacial score (nSPS) is 20.5. The number of carboxylic acid groups (broad SMARTS) is 2. The minimum Gasteiger partial charge on any atom is -0.493 e. The Bertz CT molecular complexity index is 1270. The number of halogens is 1. The molecule has 0 saturated heterocycles. The smallest absolute Gasteiger partial charge is 0.341 e. The lowest BCUT2D eigenvalue weighted by atomic mass is 9.63. The first kappa shape index (κ1) is 28.9. The minimum absolute atomic E-state index is 0.0722. The number of allylic oxidation sites excluding steroid dienone is 4. The summed E-state index contributed by atoms with van der Waals surface area (Å²) in [5.41, 5.74) is 2.54. The van der Waals surface area contributed by atoms with Gasteiger partial charge in [0, 0.05) is 47.8 Å². The Balaban J connectivity index is 1.97. The minimum atomic E-state index is -1.14. The molecule has 0 bridgehead atoms. The van der Waals surface area contributed by atoms with Crippen LogP contribution in [0.3, 0.4) is 0 Å². The first-order valence-corrected chi connectivity index (χ1v) is 13.7. The molecule has 0 unspecified atom stereocenters. The highest BCUT2D eigenvalue weighted by Crippen LogP contribution is 2.55. The molecule has 10 heteroatoms. The lowest BCUT2D eigenvalue weighted by molar-refractivity contribution is -0.139. The van der Waals surface area contributed by atoms with Gasteiger partial charge in [0.2, 0.25) is 0 Å². The van der Waals surface area contributed by atoms with Crippen LogP contribution in [-0.2, 0) is 19.2 Å². The summed E-state index contributed by atoms with van der Waals surface area (Å²) in [7, 11) is 1.44. The molecule has 0 fully saturated rings. The second-order valence-corrected chi connectivity index (χ2v) is 12.9. The molecule has 1 aromatic carbocycles. The van der Waals surface area contributed by atoms with Crippen molar-refractivity contribution < 1.29 is 38.9 Å². The van der Waals surface area contributed by atoms with E-state index >= 15 is 0 Å². The third kappa shape index (κ3) is 5.76. The molecule has 0 saturated carbocycles. The summed E-state index contributed by atoms with van der Waals surface area (Å²) < 4.78 is 11.4. The van der Waals surface area contributed by atoms with Crippen molar-refractivity contribution in [2.75, 3.05) is 20.3 Å². The van der Waals surface area contributed by atoms with Crippen molar-refractivity contribution in [1.82, 2.24) is 4.90 Å². The van der Waals surface area contributed by atoms with Crippen molar-refractivity contribution in [3.05, 3.63) is 44.7 Å². The average molecular weight is 604 g/mol. The van der Waals surface area contributed by atoms with E-state index in [0.29, 0.717) is 46.9 Å². The van der Waals surface area contributed by atoms with Gasteiger partial charge in [-0.25, -0.2) is 4.79 Å². The Kier molecular flexibility index (Phi) is 7.73. The quantitative estimate of drug-likeness (QED) is 0.417. The molecule has 2 N–H and O–H groups in total. The maximum absolute atomic E-state index is 13.8. The van der Waals surface area contributed by atoms with E-state index in [0.717, 1.165) is 11.4 Å². The molecule has 4 rings (SSSR count). The largest absolute Gasteiger partial charge is 0.493 e. The third-order valence-corrected chi connectivity index (χ3v) is 8.09. The van der Waals surface area contributed by atoms with Crippen LogP contribution in [0, 0.1) is 10.8 Å². The molecule has 39 heavy (non-hydrogen) atoms. The van der Waals surface area contributed by atoms with Gasteiger partial charge >= 0.3 is 11.9 Å². The van der Waals surface area contributed by atoms with Gasteiger partial charge in [0.05, 0.1) is 18.0 Å². The van der Waals surface area contributed by atoms with Gasteiger partial charge in [0.15, 0.2) is 29.7 Å². The van der Waals surface area contributed by atoms with Crippen LogP contribution in [0.25, 0.3) is 0 Å².